The summed E-state index contributed by atoms with van der Waals surface area (Å²) < 4.78 is 0. The zero-order valence-corrected chi connectivity index (χ0v) is 10.1. The molecule has 1 aromatic carbocycles. The van der Waals surface area contributed by atoms with Crippen LogP contribution in [0.4, 0.5) is 0 Å². The molecule has 0 bridgehead atoms. The molecule has 0 unspecified atom stereocenters. The van der Waals surface area contributed by atoms with Gasteiger partial charge in [0.1, 0.15) is 0 Å². The number of benzene rings is 1. The van der Waals surface area contributed by atoms with E-state index >= 15 is 0 Å². The van der Waals surface area contributed by atoms with Crippen molar-refractivity contribution in [2.75, 3.05) is 0 Å². The lowest BCUT2D eigenvalue weighted by molar-refractivity contribution is -0.137. The van der Waals surface area contributed by atoms with Gasteiger partial charge in [0.15, 0.2) is 0 Å². The molecule has 0 spiro atoms. The van der Waals surface area contributed by atoms with Crippen LogP contribution in [0.3, 0.4) is 0 Å². The molecule has 1 aromatic heterocycles. The molecule has 1 atom stereocenters. The highest BCUT2D eigenvalue weighted by molar-refractivity contribution is 5.79. The standard InChI is InChI=1S/C13H12N4O2/c14-17-16-11(8-13(18)19)7-9-3-4-12-10(6-9)2-1-5-15-12/h1-6,11H,7-8H2,(H,18,19)/t11-/m1/s1. The fourth-order valence-corrected chi connectivity index (χ4v) is 1.95. The molecule has 2 rings (SSSR count). The maximum Gasteiger partial charge on any atom is 0.303 e. The number of pyridine rings is 1. The number of hydrogen-bond donors (Lipinski definition) is 1. The molecule has 96 valence electrons. The van der Waals surface area contributed by atoms with Crippen LogP contribution in [0.15, 0.2) is 41.6 Å². The molecular formula is C13H12N4O2. The van der Waals surface area contributed by atoms with Crippen LogP contribution in [0.1, 0.15) is 12.0 Å². The van der Waals surface area contributed by atoms with Crippen molar-refractivity contribution < 1.29 is 9.90 Å². The Balaban J connectivity index is 2.23. The molecular weight excluding hydrogens is 244 g/mol. The van der Waals surface area contributed by atoms with Gasteiger partial charge in [-0.25, -0.2) is 0 Å². The van der Waals surface area contributed by atoms with Gasteiger partial charge in [-0.05, 0) is 35.7 Å². The van der Waals surface area contributed by atoms with Crippen LogP contribution in [-0.2, 0) is 11.2 Å². The van der Waals surface area contributed by atoms with Gasteiger partial charge in [0.25, 0.3) is 0 Å². The first-order valence-corrected chi connectivity index (χ1v) is 5.78. The fourth-order valence-electron chi connectivity index (χ4n) is 1.95. The Labute approximate surface area is 109 Å². The molecule has 0 fully saturated rings. The number of carboxylic acid groups (broad SMARTS) is 1. The number of fused-ring (bicyclic) bond motifs is 1. The Morgan fingerprint density at radius 2 is 2.32 bits per heavy atom. The minimum atomic E-state index is -0.972. The molecule has 6 nitrogen and oxygen atoms in total. The highest BCUT2D eigenvalue weighted by Gasteiger charge is 2.12. The van der Waals surface area contributed by atoms with E-state index in [-0.39, 0.29) is 6.42 Å². The van der Waals surface area contributed by atoms with Crippen LogP contribution in [0.25, 0.3) is 21.3 Å². The largest absolute Gasteiger partial charge is 0.481 e. The van der Waals surface area contributed by atoms with E-state index in [0.717, 1.165) is 16.5 Å². The predicted molar refractivity (Wildman–Crippen MR) is 70.6 cm³/mol. The summed E-state index contributed by atoms with van der Waals surface area (Å²) in [5, 5.41) is 13.3. The average Bonchev–Trinajstić information content (AvgIpc) is 2.38. The van der Waals surface area contributed by atoms with Crippen molar-refractivity contribution in [3.05, 3.63) is 52.5 Å². The minimum Gasteiger partial charge on any atom is -0.481 e. The Hall–Kier alpha value is -2.59. The normalized spacial score (nSPS) is 11.8. The van der Waals surface area contributed by atoms with Gasteiger partial charge in [-0.15, -0.1) is 0 Å². The summed E-state index contributed by atoms with van der Waals surface area (Å²) in [4.78, 5) is 17.6. The van der Waals surface area contributed by atoms with Gasteiger partial charge in [-0.2, -0.15) is 0 Å². The van der Waals surface area contributed by atoms with Crippen molar-refractivity contribution >= 4 is 16.9 Å². The number of nitrogens with zero attached hydrogens (tertiary/aromatic N) is 4. The maximum absolute atomic E-state index is 10.7. The zero-order chi connectivity index (χ0) is 13.7. The lowest BCUT2D eigenvalue weighted by atomic mass is 10.0. The number of hydrogen-bond acceptors (Lipinski definition) is 3. The summed E-state index contributed by atoms with van der Waals surface area (Å²) in [5.41, 5.74) is 10.3. The smallest absolute Gasteiger partial charge is 0.303 e. The topological polar surface area (TPSA) is 99.0 Å². The number of aliphatic carboxylic acids is 1. The molecule has 0 aliphatic heterocycles. The molecule has 0 saturated heterocycles. The van der Waals surface area contributed by atoms with E-state index in [1.807, 2.05) is 30.3 Å². The number of azide groups is 1. The monoisotopic (exact) mass is 256 g/mol. The third kappa shape index (κ3) is 3.43. The van der Waals surface area contributed by atoms with E-state index in [0.29, 0.717) is 6.42 Å². The summed E-state index contributed by atoms with van der Waals surface area (Å²) in [6.45, 7) is 0. The fraction of sp³-hybridized carbons (Fsp3) is 0.231. The van der Waals surface area contributed by atoms with Crippen LogP contribution in [0, 0.1) is 0 Å². The van der Waals surface area contributed by atoms with Gasteiger partial charge in [0, 0.05) is 16.5 Å². The zero-order valence-electron chi connectivity index (χ0n) is 10.1. The quantitative estimate of drug-likeness (QED) is 0.505. The summed E-state index contributed by atoms with van der Waals surface area (Å²) >= 11 is 0. The Kier molecular flexibility index (Phi) is 3.95. The van der Waals surface area contributed by atoms with Crippen LogP contribution >= 0.6 is 0 Å². The van der Waals surface area contributed by atoms with E-state index in [1.165, 1.54) is 0 Å². The lowest BCUT2D eigenvalue weighted by Crippen LogP contribution is -2.13. The van der Waals surface area contributed by atoms with E-state index in [2.05, 4.69) is 15.0 Å². The maximum atomic E-state index is 10.7. The third-order valence-corrected chi connectivity index (χ3v) is 2.76. The Morgan fingerprint density at radius 1 is 1.47 bits per heavy atom. The first-order valence-electron chi connectivity index (χ1n) is 5.78. The van der Waals surface area contributed by atoms with Gasteiger partial charge < -0.3 is 5.11 Å². The van der Waals surface area contributed by atoms with E-state index < -0.39 is 12.0 Å². The van der Waals surface area contributed by atoms with Gasteiger partial charge in [-0.3, -0.25) is 9.78 Å². The molecule has 0 aliphatic carbocycles. The average molecular weight is 256 g/mol. The summed E-state index contributed by atoms with van der Waals surface area (Å²) in [6.07, 6.45) is 1.95. The molecule has 0 aliphatic rings. The highest BCUT2D eigenvalue weighted by Crippen LogP contribution is 2.16. The van der Waals surface area contributed by atoms with Crippen molar-refractivity contribution in [2.24, 2.45) is 5.11 Å². The Bertz CT molecular complexity index is 650. The van der Waals surface area contributed by atoms with Crippen LogP contribution in [0.2, 0.25) is 0 Å². The van der Waals surface area contributed by atoms with Gasteiger partial charge in [0.05, 0.1) is 18.0 Å². The SMILES string of the molecule is [N-]=[N+]=N[C@@H](CC(=O)O)Cc1ccc2ncccc2c1. The van der Waals surface area contributed by atoms with Crippen LogP contribution in [0.5, 0.6) is 0 Å². The van der Waals surface area contributed by atoms with Crippen molar-refractivity contribution in [1.29, 1.82) is 0 Å². The van der Waals surface area contributed by atoms with Gasteiger partial charge >= 0.3 is 5.97 Å². The molecule has 2 aromatic rings. The summed E-state index contributed by atoms with van der Waals surface area (Å²) in [7, 11) is 0. The van der Waals surface area contributed by atoms with E-state index in [1.54, 1.807) is 6.20 Å². The number of aromatic nitrogens is 1. The number of carboxylic acids is 1. The first kappa shape index (κ1) is 12.9. The lowest BCUT2D eigenvalue weighted by Gasteiger charge is -2.09. The second-order valence-electron chi connectivity index (χ2n) is 4.19. The summed E-state index contributed by atoms with van der Waals surface area (Å²) in [6, 6.07) is 8.89. The number of rotatable bonds is 5. The highest BCUT2D eigenvalue weighted by atomic mass is 16.4. The van der Waals surface area contributed by atoms with Crippen molar-refractivity contribution in [2.45, 2.75) is 18.9 Å². The molecule has 1 N–H and O–H groups in total. The van der Waals surface area contributed by atoms with Gasteiger partial charge in [-0.1, -0.05) is 17.2 Å². The molecule has 1 heterocycles. The number of carbonyl (C=O) groups is 1. The molecule has 0 saturated carbocycles. The van der Waals surface area contributed by atoms with Crippen LogP contribution < -0.4 is 0 Å². The van der Waals surface area contributed by atoms with E-state index in [4.69, 9.17) is 10.6 Å². The van der Waals surface area contributed by atoms with Crippen molar-refractivity contribution in [1.82, 2.24) is 4.98 Å². The summed E-state index contributed by atoms with van der Waals surface area (Å²) in [5.74, 6) is -0.972. The molecule has 0 radical (unpaired) electrons. The second-order valence-corrected chi connectivity index (χ2v) is 4.19. The Morgan fingerprint density at radius 3 is 3.05 bits per heavy atom. The molecule has 6 heteroatoms. The van der Waals surface area contributed by atoms with Gasteiger partial charge in [0.2, 0.25) is 0 Å². The van der Waals surface area contributed by atoms with E-state index in [9.17, 15) is 4.79 Å². The van der Waals surface area contributed by atoms with Crippen molar-refractivity contribution in [3.8, 4) is 0 Å². The third-order valence-electron chi connectivity index (χ3n) is 2.76. The first-order chi connectivity index (χ1) is 9.19. The van der Waals surface area contributed by atoms with Crippen molar-refractivity contribution in [3.63, 3.8) is 0 Å². The minimum absolute atomic E-state index is 0.171. The molecule has 0 amide bonds. The molecule has 19 heavy (non-hydrogen) atoms. The predicted octanol–water partition coefficient (Wildman–Crippen LogP) is 2.93. The van der Waals surface area contributed by atoms with Crippen LogP contribution in [-0.4, -0.2) is 22.1 Å². The second kappa shape index (κ2) is 5.84.